The fourth-order valence-corrected chi connectivity index (χ4v) is 0.647. The average molecular weight is 144 g/mol. The molecular formula is C5H8N2O3. The molecule has 1 rings (SSSR count). The van der Waals surface area contributed by atoms with Gasteiger partial charge in [0, 0.05) is 6.08 Å². The highest BCUT2D eigenvalue weighted by Gasteiger charge is 2.21. The lowest BCUT2D eigenvalue weighted by Gasteiger charge is -2.03. The summed E-state index contributed by atoms with van der Waals surface area (Å²) in [6.45, 7) is 0. The van der Waals surface area contributed by atoms with Crippen LogP contribution in [0.1, 0.15) is 0 Å². The molecule has 1 unspecified atom stereocenters. The van der Waals surface area contributed by atoms with Crippen LogP contribution in [0, 0.1) is 0 Å². The number of carbonyl (C=O) groups is 1. The Hall–Kier alpha value is -1.23. The van der Waals surface area contributed by atoms with Crippen molar-refractivity contribution in [3.05, 3.63) is 12.0 Å². The van der Waals surface area contributed by atoms with Gasteiger partial charge in [0.05, 0.1) is 7.11 Å². The van der Waals surface area contributed by atoms with Crippen molar-refractivity contribution < 1.29 is 14.6 Å². The molecule has 0 amide bonds. The largest absolute Gasteiger partial charge is 0.494 e. The molecule has 1 aliphatic heterocycles. The Balaban J connectivity index is 2.52. The van der Waals surface area contributed by atoms with Gasteiger partial charge in [-0.05, 0) is 0 Å². The van der Waals surface area contributed by atoms with Crippen LogP contribution in [-0.2, 0) is 9.53 Å². The van der Waals surface area contributed by atoms with Gasteiger partial charge in [-0.2, -0.15) is 0 Å². The van der Waals surface area contributed by atoms with Crippen molar-refractivity contribution in [2.24, 2.45) is 0 Å². The highest BCUT2D eigenvalue weighted by Crippen LogP contribution is 1.97. The van der Waals surface area contributed by atoms with E-state index in [0.717, 1.165) is 0 Å². The smallest absolute Gasteiger partial charge is 0.328 e. The van der Waals surface area contributed by atoms with Gasteiger partial charge in [-0.15, -0.1) is 0 Å². The lowest BCUT2D eigenvalue weighted by atomic mass is 10.3. The third-order valence-electron chi connectivity index (χ3n) is 1.14. The third-order valence-corrected chi connectivity index (χ3v) is 1.14. The summed E-state index contributed by atoms with van der Waals surface area (Å²) >= 11 is 0. The number of ether oxygens (including phenoxy) is 1. The van der Waals surface area contributed by atoms with Crippen molar-refractivity contribution in [3.63, 3.8) is 0 Å². The lowest BCUT2D eigenvalue weighted by molar-refractivity contribution is -0.141. The van der Waals surface area contributed by atoms with Crippen LogP contribution in [0.25, 0.3) is 0 Å². The summed E-state index contributed by atoms with van der Waals surface area (Å²) in [7, 11) is 1.28. The summed E-state index contributed by atoms with van der Waals surface area (Å²) in [6, 6.07) is -0.579. The Labute approximate surface area is 57.6 Å². The van der Waals surface area contributed by atoms with Gasteiger partial charge in [0.2, 0.25) is 0 Å². The number of hydrogen-bond acceptors (Lipinski definition) is 5. The molecule has 0 radical (unpaired) electrons. The van der Waals surface area contributed by atoms with Gasteiger partial charge in [-0.25, -0.2) is 10.2 Å². The second kappa shape index (κ2) is 2.57. The van der Waals surface area contributed by atoms with E-state index in [2.05, 4.69) is 15.6 Å². The van der Waals surface area contributed by atoms with Gasteiger partial charge in [0.15, 0.2) is 5.88 Å². The van der Waals surface area contributed by atoms with Crippen LogP contribution < -0.4 is 10.9 Å². The predicted molar refractivity (Wildman–Crippen MR) is 32.8 cm³/mol. The number of esters is 1. The van der Waals surface area contributed by atoms with E-state index in [0.29, 0.717) is 0 Å². The number of nitrogens with one attached hydrogen (secondary N) is 2. The summed E-state index contributed by atoms with van der Waals surface area (Å²) < 4.78 is 4.39. The Morgan fingerprint density at radius 2 is 2.60 bits per heavy atom. The zero-order chi connectivity index (χ0) is 7.56. The fourth-order valence-electron chi connectivity index (χ4n) is 0.647. The molecule has 56 valence electrons. The number of methoxy groups -OCH3 is 1. The monoisotopic (exact) mass is 144 g/mol. The number of aliphatic hydroxyl groups excluding tert-OH is 1. The van der Waals surface area contributed by atoms with E-state index in [9.17, 15) is 4.79 Å². The summed E-state index contributed by atoms with van der Waals surface area (Å²) in [4.78, 5) is 10.7. The minimum Gasteiger partial charge on any atom is -0.494 e. The molecule has 0 aromatic heterocycles. The number of aliphatic hydroxyl groups is 1. The quantitative estimate of drug-likeness (QED) is 0.413. The van der Waals surface area contributed by atoms with E-state index in [1.165, 1.54) is 13.2 Å². The van der Waals surface area contributed by atoms with Crippen LogP contribution in [0.4, 0.5) is 0 Å². The molecule has 5 heteroatoms. The fraction of sp³-hybridized carbons (Fsp3) is 0.400. The van der Waals surface area contributed by atoms with E-state index in [4.69, 9.17) is 5.11 Å². The van der Waals surface area contributed by atoms with Crippen LogP contribution in [0.5, 0.6) is 0 Å². The van der Waals surface area contributed by atoms with E-state index in [1.807, 2.05) is 0 Å². The van der Waals surface area contributed by atoms with Crippen LogP contribution in [-0.4, -0.2) is 24.2 Å². The van der Waals surface area contributed by atoms with Crippen LogP contribution >= 0.6 is 0 Å². The van der Waals surface area contributed by atoms with Crippen LogP contribution in [0.3, 0.4) is 0 Å². The number of hydrazine groups is 1. The molecule has 1 atom stereocenters. The Kier molecular flexibility index (Phi) is 1.77. The molecule has 0 saturated carbocycles. The molecule has 0 bridgehead atoms. The minimum atomic E-state index is -0.579. The molecule has 0 spiro atoms. The summed E-state index contributed by atoms with van der Waals surface area (Å²) in [5.41, 5.74) is 4.84. The molecule has 0 aromatic rings. The van der Waals surface area contributed by atoms with E-state index >= 15 is 0 Å². The standard InChI is InChI=1S/C5H8N2O3/c1-10-5(9)3-2-4(8)7-6-3/h2-3,6-8H,1H3. The predicted octanol–water partition coefficient (Wildman–Crippen LogP) is -0.965. The molecule has 0 aliphatic carbocycles. The Morgan fingerprint density at radius 1 is 1.90 bits per heavy atom. The topological polar surface area (TPSA) is 70.6 Å². The molecule has 1 heterocycles. The number of carbonyl (C=O) groups excluding carboxylic acids is 1. The Morgan fingerprint density at radius 3 is 3.00 bits per heavy atom. The van der Waals surface area contributed by atoms with E-state index in [-0.39, 0.29) is 5.88 Å². The Bertz CT molecular complexity index is 178. The molecular weight excluding hydrogens is 136 g/mol. The zero-order valence-corrected chi connectivity index (χ0v) is 5.42. The zero-order valence-electron chi connectivity index (χ0n) is 5.42. The van der Waals surface area contributed by atoms with Gasteiger partial charge < -0.3 is 9.84 Å². The maximum Gasteiger partial charge on any atom is 0.328 e. The van der Waals surface area contributed by atoms with Gasteiger partial charge in [0.25, 0.3) is 0 Å². The van der Waals surface area contributed by atoms with E-state index in [1.54, 1.807) is 0 Å². The SMILES string of the molecule is COC(=O)C1C=C(O)NN1. The first-order valence-corrected chi connectivity index (χ1v) is 2.74. The molecule has 0 fully saturated rings. The van der Waals surface area contributed by atoms with Crippen LogP contribution in [0.15, 0.2) is 12.0 Å². The molecule has 10 heavy (non-hydrogen) atoms. The maximum absolute atomic E-state index is 10.7. The molecule has 1 aliphatic rings. The van der Waals surface area contributed by atoms with Crippen LogP contribution in [0.2, 0.25) is 0 Å². The molecule has 5 nitrogen and oxygen atoms in total. The van der Waals surface area contributed by atoms with Crippen molar-refractivity contribution in [1.29, 1.82) is 0 Å². The second-order valence-corrected chi connectivity index (χ2v) is 1.82. The average Bonchev–Trinajstić information content (AvgIpc) is 2.34. The number of rotatable bonds is 1. The third kappa shape index (κ3) is 1.19. The maximum atomic E-state index is 10.7. The van der Waals surface area contributed by atoms with Crippen molar-refractivity contribution in [2.45, 2.75) is 6.04 Å². The second-order valence-electron chi connectivity index (χ2n) is 1.82. The van der Waals surface area contributed by atoms with Gasteiger partial charge in [0.1, 0.15) is 6.04 Å². The highest BCUT2D eigenvalue weighted by atomic mass is 16.5. The molecule has 3 N–H and O–H groups in total. The first-order chi connectivity index (χ1) is 4.74. The van der Waals surface area contributed by atoms with Gasteiger partial charge in [-0.3, -0.25) is 5.43 Å². The van der Waals surface area contributed by atoms with Gasteiger partial charge >= 0.3 is 5.97 Å². The first kappa shape index (κ1) is 6.88. The van der Waals surface area contributed by atoms with Crippen molar-refractivity contribution in [2.75, 3.05) is 7.11 Å². The summed E-state index contributed by atoms with van der Waals surface area (Å²) in [6.07, 6.45) is 1.33. The van der Waals surface area contributed by atoms with Gasteiger partial charge in [-0.1, -0.05) is 0 Å². The summed E-state index contributed by atoms with van der Waals surface area (Å²) in [5, 5.41) is 8.72. The normalized spacial score (nSPS) is 23.3. The van der Waals surface area contributed by atoms with E-state index < -0.39 is 12.0 Å². The lowest BCUT2D eigenvalue weighted by Crippen LogP contribution is -2.38. The minimum absolute atomic E-state index is 0.0598. The summed E-state index contributed by atoms with van der Waals surface area (Å²) in [5.74, 6) is -0.494. The van der Waals surface area contributed by atoms with Crippen molar-refractivity contribution in [1.82, 2.24) is 10.9 Å². The highest BCUT2D eigenvalue weighted by molar-refractivity contribution is 5.78. The number of hydrogen-bond donors (Lipinski definition) is 3. The first-order valence-electron chi connectivity index (χ1n) is 2.74. The van der Waals surface area contributed by atoms with Crippen molar-refractivity contribution in [3.8, 4) is 0 Å². The molecule has 0 saturated heterocycles. The van der Waals surface area contributed by atoms with Crippen molar-refractivity contribution >= 4 is 5.97 Å². The molecule has 0 aromatic carbocycles.